The quantitative estimate of drug-likeness (QED) is 0.388. The number of carbonyl (C=O) groups is 1. The van der Waals surface area contributed by atoms with Gasteiger partial charge in [-0.3, -0.25) is 4.79 Å². The van der Waals surface area contributed by atoms with E-state index >= 15 is 0 Å². The molecule has 0 spiro atoms. The Kier molecular flexibility index (Phi) is 8.63. The molecule has 3 rings (SSSR count). The summed E-state index contributed by atoms with van der Waals surface area (Å²) in [6.45, 7) is 2.80. The van der Waals surface area contributed by atoms with E-state index in [9.17, 15) is 4.79 Å². The Balaban J connectivity index is 0.00000261. The van der Waals surface area contributed by atoms with Gasteiger partial charge in [0.2, 0.25) is 0 Å². The molecule has 1 aliphatic heterocycles. The lowest BCUT2D eigenvalue weighted by Crippen LogP contribution is -2.38. The van der Waals surface area contributed by atoms with Crippen LogP contribution in [-0.4, -0.2) is 29.9 Å². The van der Waals surface area contributed by atoms with Crippen molar-refractivity contribution >= 4 is 35.8 Å². The van der Waals surface area contributed by atoms with E-state index in [0.717, 1.165) is 24.4 Å². The number of carbonyl (C=O) groups excluding carboxylic acids is 1. The maximum atomic E-state index is 12.3. The van der Waals surface area contributed by atoms with Crippen molar-refractivity contribution in [1.82, 2.24) is 10.2 Å². The van der Waals surface area contributed by atoms with Crippen LogP contribution in [-0.2, 0) is 13.1 Å². The molecule has 1 aromatic heterocycles. The number of nitrogens with zero attached hydrogens (tertiary/aromatic N) is 2. The molecular formula is C20H27IN4O2. The highest BCUT2D eigenvalue weighted by atomic mass is 127. The van der Waals surface area contributed by atoms with Crippen LogP contribution in [0.3, 0.4) is 0 Å². The zero-order valence-corrected chi connectivity index (χ0v) is 17.7. The fourth-order valence-corrected chi connectivity index (χ4v) is 3.07. The minimum absolute atomic E-state index is 0. The molecule has 7 heteroatoms. The van der Waals surface area contributed by atoms with Crippen molar-refractivity contribution in [3.05, 3.63) is 59.5 Å². The molecule has 146 valence electrons. The van der Waals surface area contributed by atoms with Crippen LogP contribution in [0.2, 0.25) is 0 Å². The highest BCUT2D eigenvalue weighted by molar-refractivity contribution is 14.0. The molecule has 0 aliphatic carbocycles. The van der Waals surface area contributed by atoms with Crippen molar-refractivity contribution in [2.75, 3.05) is 13.1 Å². The first-order valence-electron chi connectivity index (χ1n) is 9.17. The summed E-state index contributed by atoms with van der Waals surface area (Å²) in [4.78, 5) is 19.0. The van der Waals surface area contributed by atoms with Crippen molar-refractivity contribution in [1.29, 1.82) is 0 Å². The molecule has 2 aromatic rings. The number of nitrogens with one attached hydrogen (secondary N) is 1. The largest absolute Gasteiger partial charge is 0.467 e. The van der Waals surface area contributed by atoms with Crippen LogP contribution >= 0.6 is 24.0 Å². The minimum Gasteiger partial charge on any atom is -0.467 e. The van der Waals surface area contributed by atoms with Crippen molar-refractivity contribution < 1.29 is 9.21 Å². The summed E-state index contributed by atoms with van der Waals surface area (Å²) in [7, 11) is 0. The number of likely N-dealkylation sites (tertiary alicyclic amines) is 1. The molecule has 1 amide bonds. The van der Waals surface area contributed by atoms with Gasteiger partial charge in [0.25, 0.3) is 5.91 Å². The molecule has 2 heterocycles. The summed E-state index contributed by atoms with van der Waals surface area (Å²) in [5.74, 6) is 1.19. The van der Waals surface area contributed by atoms with Gasteiger partial charge in [-0.25, -0.2) is 4.99 Å². The highest BCUT2D eigenvalue weighted by Gasteiger charge is 2.11. The maximum absolute atomic E-state index is 12.3. The molecule has 0 radical (unpaired) electrons. The summed E-state index contributed by atoms with van der Waals surface area (Å²) in [6.07, 6.45) is 6.45. The average Bonchev–Trinajstić information content (AvgIpc) is 3.04. The molecule has 6 nitrogen and oxygen atoms in total. The number of amides is 1. The molecule has 0 unspecified atom stereocenters. The third-order valence-corrected chi connectivity index (χ3v) is 4.55. The first kappa shape index (κ1) is 21.3. The van der Waals surface area contributed by atoms with Crippen molar-refractivity contribution in [2.45, 2.75) is 38.8 Å². The Morgan fingerprint density at radius 2 is 1.93 bits per heavy atom. The number of rotatable bonds is 5. The summed E-state index contributed by atoms with van der Waals surface area (Å²) in [6, 6.07) is 11.1. The second-order valence-corrected chi connectivity index (χ2v) is 6.54. The van der Waals surface area contributed by atoms with E-state index in [1.807, 2.05) is 24.3 Å². The number of guanidine groups is 1. The molecule has 1 aromatic carbocycles. The predicted molar refractivity (Wildman–Crippen MR) is 117 cm³/mol. The average molecular weight is 482 g/mol. The van der Waals surface area contributed by atoms with Gasteiger partial charge in [0, 0.05) is 18.7 Å². The normalized spacial score (nSPS) is 15.0. The molecule has 3 N–H and O–H groups in total. The van der Waals surface area contributed by atoms with Crippen molar-refractivity contribution in [3.63, 3.8) is 0 Å². The van der Waals surface area contributed by atoms with E-state index in [4.69, 9.17) is 10.2 Å². The molecule has 0 saturated carbocycles. The smallest absolute Gasteiger partial charge is 0.251 e. The zero-order chi connectivity index (χ0) is 18.2. The number of hydrogen-bond donors (Lipinski definition) is 2. The van der Waals surface area contributed by atoms with Gasteiger partial charge in [0.15, 0.2) is 5.96 Å². The minimum atomic E-state index is -0.132. The van der Waals surface area contributed by atoms with Crippen LogP contribution in [0.15, 0.2) is 52.1 Å². The van der Waals surface area contributed by atoms with Gasteiger partial charge in [0.05, 0.1) is 19.4 Å². The van der Waals surface area contributed by atoms with Crippen molar-refractivity contribution in [2.24, 2.45) is 10.7 Å². The fraction of sp³-hybridized carbons (Fsp3) is 0.400. The Hall–Kier alpha value is -2.03. The highest BCUT2D eigenvalue weighted by Crippen LogP contribution is 2.11. The second kappa shape index (κ2) is 11.0. The van der Waals surface area contributed by atoms with E-state index in [1.54, 1.807) is 18.4 Å². The predicted octanol–water partition coefficient (Wildman–Crippen LogP) is 3.52. The lowest BCUT2D eigenvalue weighted by Gasteiger charge is -2.21. The van der Waals surface area contributed by atoms with Crippen molar-refractivity contribution in [3.8, 4) is 0 Å². The third-order valence-electron chi connectivity index (χ3n) is 4.55. The Labute approximate surface area is 177 Å². The fourth-order valence-electron chi connectivity index (χ4n) is 3.07. The monoisotopic (exact) mass is 482 g/mol. The van der Waals surface area contributed by atoms with E-state index in [0.29, 0.717) is 24.6 Å². The lowest BCUT2D eigenvalue weighted by atomic mass is 10.1. The number of nitrogens with two attached hydrogens (primary N) is 1. The first-order chi connectivity index (χ1) is 12.7. The van der Waals surface area contributed by atoms with Crippen LogP contribution in [0, 0.1) is 0 Å². The van der Waals surface area contributed by atoms with E-state index in [-0.39, 0.29) is 29.9 Å². The molecule has 1 saturated heterocycles. The first-order valence-corrected chi connectivity index (χ1v) is 9.17. The number of halogens is 1. The van der Waals surface area contributed by atoms with E-state index in [1.165, 1.54) is 25.7 Å². The van der Waals surface area contributed by atoms with Gasteiger partial charge in [0.1, 0.15) is 5.76 Å². The summed E-state index contributed by atoms with van der Waals surface area (Å²) >= 11 is 0. The van der Waals surface area contributed by atoms with Crippen LogP contribution in [0.1, 0.15) is 47.4 Å². The molecule has 1 aliphatic rings. The summed E-state index contributed by atoms with van der Waals surface area (Å²) in [5.41, 5.74) is 7.73. The summed E-state index contributed by atoms with van der Waals surface area (Å²) < 4.78 is 5.22. The number of hydrogen-bond acceptors (Lipinski definition) is 3. The van der Waals surface area contributed by atoms with Gasteiger partial charge in [-0.05, 0) is 42.7 Å². The van der Waals surface area contributed by atoms with E-state index in [2.05, 4.69) is 15.2 Å². The molecule has 27 heavy (non-hydrogen) atoms. The van der Waals surface area contributed by atoms with Crippen LogP contribution in [0.25, 0.3) is 0 Å². The number of benzene rings is 1. The molecule has 0 bridgehead atoms. The van der Waals surface area contributed by atoms with Gasteiger partial charge >= 0.3 is 0 Å². The van der Waals surface area contributed by atoms with E-state index < -0.39 is 0 Å². The Morgan fingerprint density at radius 3 is 2.63 bits per heavy atom. The van der Waals surface area contributed by atoms with Gasteiger partial charge in [-0.15, -0.1) is 24.0 Å². The maximum Gasteiger partial charge on any atom is 0.251 e. The zero-order valence-electron chi connectivity index (χ0n) is 15.4. The van der Waals surface area contributed by atoms with Gasteiger partial charge in [-0.2, -0.15) is 0 Å². The standard InChI is InChI=1S/C20H26N4O2.HI/c21-20(24-10-3-1-2-4-11-24)23-14-16-7-5-8-17(13-16)19(25)22-15-18-9-6-12-26-18;/h5-9,12-13H,1-4,10-11,14-15H2,(H2,21,23)(H,22,25);1H. The molecular weight excluding hydrogens is 455 g/mol. The topological polar surface area (TPSA) is 83.9 Å². The Morgan fingerprint density at radius 1 is 1.15 bits per heavy atom. The second-order valence-electron chi connectivity index (χ2n) is 6.54. The number of aliphatic imine (C=N–C) groups is 1. The van der Waals surface area contributed by atoms with Gasteiger partial charge in [-0.1, -0.05) is 25.0 Å². The van der Waals surface area contributed by atoms with Crippen LogP contribution in [0.4, 0.5) is 0 Å². The third kappa shape index (κ3) is 6.57. The van der Waals surface area contributed by atoms with Crippen LogP contribution in [0.5, 0.6) is 0 Å². The number of furan rings is 1. The molecule has 1 fully saturated rings. The SMILES string of the molecule is I.NC(=NCc1cccc(C(=O)NCc2ccco2)c1)N1CCCCCC1. The summed E-state index contributed by atoms with van der Waals surface area (Å²) in [5, 5.41) is 2.85. The van der Waals surface area contributed by atoms with Gasteiger partial charge < -0.3 is 20.4 Å². The Bertz CT molecular complexity index is 738. The lowest BCUT2D eigenvalue weighted by molar-refractivity contribution is 0.0948. The van der Waals surface area contributed by atoms with Crippen LogP contribution < -0.4 is 11.1 Å². The molecule has 0 atom stereocenters.